The summed E-state index contributed by atoms with van der Waals surface area (Å²) in [5.41, 5.74) is -4.33. The van der Waals surface area contributed by atoms with E-state index in [0.29, 0.717) is 26.4 Å². The summed E-state index contributed by atoms with van der Waals surface area (Å²) >= 11 is 0. The van der Waals surface area contributed by atoms with Gasteiger partial charge in [0, 0.05) is 30.3 Å². The normalized spacial score (nSPS) is 13.4. The molecule has 0 bridgehead atoms. The summed E-state index contributed by atoms with van der Waals surface area (Å²) in [5.74, 6) is -5.78. The van der Waals surface area contributed by atoms with E-state index in [1.165, 1.54) is 20.8 Å². The van der Waals surface area contributed by atoms with Gasteiger partial charge in [0.25, 0.3) is 0 Å². The van der Waals surface area contributed by atoms with Gasteiger partial charge in [0.15, 0.2) is 23.1 Å². The van der Waals surface area contributed by atoms with E-state index in [-0.39, 0.29) is 76.2 Å². The molecule has 0 radical (unpaired) electrons. The van der Waals surface area contributed by atoms with Crippen molar-refractivity contribution in [1.29, 1.82) is 0 Å². The maximum Gasteiger partial charge on any atom is 0.326 e. The summed E-state index contributed by atoms with van der Waals surface area (Å²) in [6.45, 7) is 16.1. The Hall–Kier alpha value is -3.72. The second kappa shape index (κ2) is 25.6. The molecule has 0 saturated carbocycles. The highest BCUT2D eigenvalue weighted by atomic mass is 16.5. The molecule has 19 heteroatoms. The van der Waals surface area contributed by atoms with Crippen molar-refractivity contribution in [3.8, 4) is 0 Å². The van der Waals surface area contributed by atoms with Gasteiger partial charge in [0.05, 0.1) is 63.7 Å². The van der Waals surface area contributed by atoms with Crippen LogP contribution in [-0.4, -0.2) is 158 Å². The number of hydrogen-bond acceptors (Lipinski definition) is 15. The first-order valence-corrected chi connectivity index (χ1v) is 18.9. The van der Waals surface area contributed by atoms with Crippen LogP contribution in [-0.2, 0) is 57.3 Å². The van der Waals surface area contributed by atoms with E-state index in [4.69, 9.17) is 24.1 Å². The molecule has 0 heterocycles. The van der Waals surface area contributed by atoms with Crippen LogP contribution in [0.1, 0.15) is 88.0 Å². The lowest BCUT2D eigenvalue weighted by Gasteiger charge is -2.34. The average molecular weight is 819 g/mol. The average Bonchev–Trinajstić information content (AvgIpc) is 3.08. The number of ketones is 4. The number of Topliss-reactive ketones (excluding diaryl/α,β-unsaturated/α-hetero) is 4. The monoisotopic (exact) mass is 818 g/mol. The van der Waals surface area contributed by atoms with Crippen LogP contribution in [0.2, 0.25) is 0 Å². The quantitative estimate of drug-likeness (QED) is 0.0426. The zero-order valence-corrected chi connectivity index (χ0v) is 35.0. The Balaban J connectivity index is 4.65. The molecule has 0 spiro atoms. The van der Waals surface area contributed by atoms with Crippen LogP contribution in [0.3, 0.4) is 0 Å². The van der Waals surface area contributed by atoms with E-state index >= 15 is 0 Å². The molecule has 2 unspecified atom stereocenters. The highest BCUT2D eigenvalue weighted by Crippen LogP contribution is 2.35. The van der Waals surface area contributed by atoms with Crippen LogP contribution in [0.4, 0.5) is 0 Å². The molecule has 328 valence electrons. The van der Waals surface area contributed by atoms with Gasteiger partial charge in [-0.15, -0.1) is 0 Å². The van der Waals surface area contributed by atoms with Gasteiger partial charge in [0.2, 0.25) is 5.91 Å². The summed E-state index contributed by atoms with van der Waals surface area (Å²) in [7, 11) is 0. The Morgan fingerprint density at radius 3 is 1.53 bits per heavy atom. The number of carbonyl (C=O) groups excluding carboxylic acids is 5. The lowest BCUT2D eigenvalue weighted by atomic mass is 9.72. The van der Waals surface area contributed by atoms with Gasteiger partial charge < -0.3 is 50.2 Å². The van der Waals surface area contributed by atoms with Crippen LogP contribution in [0.15, 0.2) is 0 Å². The van der Waals surface area contributed by atoms with Crippen LogP contribution in [0, 0.1) is 10.8 Å². The minimum atomic E-state index is -1.49. The molecule has 7 N–H and O–H groups in total. The number of aliphatic carboxylic acids is 3. The molecular weight excluding hydrogens is 752 g/mol. The lowest BCUT2D eigenvalue weighted by Crippen LogP contribution is -2.51. The van der Waals surface area contributed by atoms with Gasteiger partial charge in [-0.3, -0.25) is 38.9 Å². The molecule has 0 saturated heterocycles. The van der Waals surface area contributed by atoms with Crippen molar-refractivity contribution in [1.82, 2.24) is 21.3 Å². The van der Waals surface area contributed by atoms with Gasteiger partial charge in [-0.1, -0.05) is 27.7 Å². The zero-order chi connectivity index (χ0) is 44.0. The van der Waals surface area contributed by atoms with Crippen LogP contribution in [0.5, 0.6) is 0 Å². The van der Waals surface area contributed by atoms with Crippen LogP contribution < -0.4 is 21.3 Å². The third-order valence-electron chi connectivity index (χ3n) is 9.01. The topological polar surface area (TPSA) is 282 Å². The van der Waals surface area contributed by atoms with Gasteiger partial charge in [-0.05, 0) is 47.5 Å². The minimum absolute atomic E-state index is 0.0486. The van der Waals surface area contributed by atoms with Crippen molar-refractivity contribution in [2.75, 3.05) is 72.5 Å². The van der Waals surface area contributed by atoms with Crippen molar-refractivity contribution in [3.63, 3.8) is 0 Å². The van der Waals surface area contributed by atoms with E-state index in [9.17, 15) is 48.6 Å². The van der Waals surface area contributed by atoms with Crippen LogP contribution in [0.25, 0.3) is 0 Å². The predicted octanol–water partition coefficient (Wildman–Crippen LogP) is 0.395. The number of hydrogen-bond donors (Lipinski definition) is 7. The molecule has 57 heavy (non-hydrogen) atoms. The molecule has 0 aromatic rings. The standard InChI is InChI=1S/C38H66N4O15/c1-25(43)22-56-18-16-54-15-13-41-38(8,9)30(46)23-57-19-17-55-14-12-40-37(6,7)28(44)11-10-26(32(49)50)42-34(53)36(4,5)24-35(2,3)29(45)21-39-27(33(51)52)20-31(47)48/h26-27,39-41H,10-24H2,1-9H3,(H,42,53)(H,47,48)(H,49,50)(H,51,52). The number of carboxylic acid groups (broad SMARTS) is 3. The molecule has 0 rings (SSSR count). The third-order valence-corrected chi connectivity index (χ3v) is 9.01. The van der Waals surface area contributed by atoms with Gasteiger partial charge in [0.1, 0.15) is 25.3 Å². The summed E-state index contributed by atoms with van der Waals surface area (Å²) in [6, 6.07) is -2.88. The molecule has 2 atom stereocenters. The Morgan fingerprint density at radius 1 is 0.579 bits per heavy atom. The summed E-state index contributed by atoms with van der Waals surface area (Å²) in [5, 5.41) is 39.0. The Bertz CT molecular complexity index is 1360. The number of amides is 1. The van der Waals surface area contributed by atoms with E-state index in [1.807, 2.05) is 0 Å². The summed E-state index contributed by atoms with van der Waals surface area (Å²) < 4.78 is 21.5. The molecule has 0 aliphatic carbocycles. The first-order valence-electron chi connectivity index (χ1n) is 18.9. The second-order valence-corrected chi connectivity index (χ2v) is 16.1. The zero-order valence-electron chi connectivity index (χ0n) is 35.0. The molecule has 19 nitrogen and oxygen atoms in total. The Labute approximate surface area is 335 Å². The number of ether oxygens (including phenoxy) is 4. The number of carboxylic acids is 3. The lowest BCUT2D eigenvalue weighted by molar-refractivity contribution is -0.146. The first kappa shape index (κ1) is 53.3. The second-order valence-electron chi connectivity index (χ2n) is 16.1. The highest BCUT2D eigenvalue weighted by Gasteiger charge is 2.40. The van der Waals surface area contributed by atoms with Crippen molar-refractivity contribution >= 4 is 46.9 Å². The molecule has 0 fully saturated rings. The van der Waals surface area contributed by atoms with Crippen molar-refractivity contribution in [3.05, 3.63) is 0 Å². The maximum absolute atomic E-state index is 13.2. The molecule has 1 amide bonds. The van der Waals surface area contributed by atoms with Crippen molar-refractivity contribution in [2.45, 2.75) is 111 Å². The fourth-order valence-electron chi connectivity index (χ4n) is 5.43. The number of nitrogens with one attached hydrogen (secondary N) is 4. The maximum atomic E-state index is 13.2. The number of carbonyl (C=O) groups is 8. The minimum Gasteiger partial charge on any atom is -0.481 e. The summed E-state index contributed by atoms with van der Waals surface area (Å²) in [6.07, 6.45) is -1.15. The SMILES string of the molecule is CC(=O)COCCOCCNC(C)(C)C(=O)COCCOCCNC(C)(C)C(=O)CCC(NC(=O)C(C)(C)CC(C)(C)C(=O)CNC(CC(=O)O)C(=O)O)C(=O)O. The fraction of sp³-hybridized carbons (Fsp3) is 0.789. The molecule has 0 aliphatic heterocycles. The Morgan fingerprint density at radius 2 is 1.05 bits per heavy atom. The molecule has 0 aliphatic rings. The summed E-state index contributed by atoms with van der Waals surface area (Å²) in [4.78, 5) is 97.0. The first-order chi connectivity index (χ1) is 26.2. The van der Waals surface area contributed by atoms with Crippen LogP contribution >= 0.6 is 0 Å². The highest BCUT2D eigenvalue weighted by molar-refractivity contribution is 5.91. The van der Waals surface area contributed by atoms with Crippen molar-refractivity contribution < 1.29 is 72.6 Å². The number of rotatable bonds is 35. The smallest absolute Gasteiger partial charge is 0.326 e. The van der Waals surface area contributed by atoms with Gasteiger partial charge in [-0.25, -0.2) is 4.79 Å². The van der Waals surface area contributed by atoms with Gasteiger partial charge in [-0.2, -0.15) is 0 Å². The van der Waals surface area contributed by atoms with Gasteiger partial charge >= 0.3 is 17.9 Å². The molecule has 0 aromatic carbocycles. The third kappa shape index (κ3) is 22.7. The predicted molar refractivity (Wildman–Crippen MR) is 206 cm³/mol. The molecular formula is C38H66N4O15. The largest absolute Gasteiger partial charge is 0.481 e. The molecule has 0 aromatic heterocycles. The fourth-order valence-corrected chi connectivity index (χ4v) is 5.43. The van der Waals surface area contributed by atoms with E-state index in [2.05, 4.69) is 21.3 Å². The van der Waals surface area contributed by atoms with E-state index in [0.717, 1.165) is 0 Å². The Kier molecular flexibility index (Phi) is 23.9. The van der Waals surface area contributed by atoms with E-state index < -0.39 is 76.6 Å². The van der Waals surface area contributed by atoms with E-state index in [1.54, 1.807) is 41.5 Å². The van der Waals surface area contributed by atoms with Crippen molar-refractivity contribution in [2.24, 2.45) is 10.8 Å².